The second kappa shape index (κ2) is 9.47. The molecule has 1 N–H and O–H groups in total. The lowest BCUT2D eigenvalue weighted by Gasteiger charge is -1.95. The van der Waals surface area contributed by atoms with Gasteiger partial charge >= 0.3 is 0 Å². The second-order valence-corrected chi connectivity index (χ2v) is 3.97. The Bertz CT molecular complexity index is 90.9. The Morgan fingerprint density at radius 3 is 2.00 bits per heavy atom. The zero-order valence-electron chi connectivity index (χ0n) is 10.3. The van der Waals surface area contributed by atoms with Crippen molar-refractivity contribution in [2.75, 3.05) is 19.8 Å². The summed E-state index contributed by atoms with van der Waals surface area (Å²) in [4.78, 5) is 0. The van der Waals surface area contributed by atoms with Crippen molar-refractivity contribution in [1.82, 2.24) is 5.32 Å². The zero-order chi connectivity index (χ0) is 10.8. The van der Waals surface area contributed by atoms with E-state index in [1.165, 1.54) is 25.8 Å². The number of ether oxygens (including phenoxy) is 1. The minimum atomic E-state index is 0.796. The summed E-state index contributed by atoms with van der Waals surface area (Å²) in [5.74, 6) is 0.824. The molecule has 2 fully saturated rings. The van der Waals surface area contributed by atoms with Crippen molar-refractivity contribution in [3.8, 4) is 0 Å². The largest absolute Gasteiger partial charge is 0.381 e. The molecule has 14 heavy (non-hydrogen) atoms. The Morgan fingerprint density at radius 1 is 1.14 bits per heavy atom. The predicted octanol–water partition coefficient (Wildman–Crippen LogP) is 2.83. The molecule has 0 amide bonds. The van der Waals surface area contributed by atoms with Crippen LogP contribution in [-0.4, -0.2) is 25.8 Å². The molecule has 86 valence electrons. The summed E-state index contributed by atoms with van der Waals surface area (Å²) < 4.78 is 5.06. The van der Waals surface area contributed by atoms with Crippen molar-refractivity contribution in [2.45, 2.75) is 53.0 Å². The van der Waals surface area contributed by atoms with Crippen LogP contribution in [0.3, 0.4) is 0 Å². The summed E-state index contributed by atoms with van der Waals surface area (Å²) >= 11 is 0. The highest BCUT2D eigenvalue weighted by molar-refractivity contribution is 4.67. The lowest BCUT2D eigenvalue weighted by molar-refractivity contribution is 0.188. The van der Waals surface area contributed by atoms with Crippen LogP contribution in [0.5, 0.6) is 0 Å². The molecule has 0 spiro atoms. The van der Waals surface area contributed by atoms with E-state index in [2.05, 4.69) is 19.2 Å². The van der Waals surface area contributed by atoms with Gasteiger partial charge in [0.15, 0.2) is 0 Å². The normalized spacial score (nSPS) is 30.0. The molecule has 0 aromatic rings. The standard InChI is InChI=1S/C5H11N.C5H10O.C2H6/c1-5-3-2-4-6-5;1-5-2-3-6-4-5;1-2/h5-6H,2-4H2,1H3;5H,2-4H2,1H3;1-2H3/t5-;;/m1../s1. The zero-order valence-corrected chi connectivity index (χ0v) is 10.3. The van der Waals surface area contributed by atoms with Gasteiger partial charge in [-0.15, -0.1) is 0 Å². The van der Waals surface area contributed by atoms with E-state index in [-0.39, 0.29) is 0 Å². The Kier molecular flexibility index (Phi) is 9.42. The minimum Gasteiger partial charge on any atom is -0.381 e. The third-order valence-corrected chi connectivity index (χ3v) is 2.46. The van der Waals surface area contributed by atoms with Crippen LogP contribution in [0.15, 0.2) is 0 Å². The van der Waals surface area contributed by atoms with Crippen molar-refractivity contribution in [3.63, 3.8) is 0 Å². The molecule has 0 aromatic carbocycles. The van der Waals surface area contributed by atoms with Crippen molar-refractivity contribution in [1.29, 1.82) is 0 Å². The SMILES string of the molecule is CC.CC1CCOC1.C[C@@H]1CCCN1. The van der Waals surface area contributed by atoms with Crippen LogP contribution in [0.25, 0.3) is 0 Å². The van der Waals surface area contributed by atoms with Gasteiger partial charge in [-0.25, -0.2) is 0 Å². The van der Waals surface area contributed by atoms with E-state index in [0.29, 0.717) is 0 Å². The van der Waals surface area contributed by atoms with Gasteiger partial charge in [0, 0.05) is 19.3 Å². The molecule has 0 bridgehead atoms. The highest BCUT2D eigenvalue weighted by atomic mass is 16.5. The maximum atomic E-state index is 5.06. The Morgan fingerprint density at radius 2 is 1.86 bits per heavy atom. The summed E-state index contributed by atoms with van der Waals surface area (Å²) in [5, 5.41) is 3.32. The van der Waals surface area contributed by atoms with Gasteiger partial charge in [-0.2, -0.15) is 0 Å². The highest BCUT2D eigenvalue weighted by Crippen LogP contribution is 2.09. The molecule has 0 aliphatic carbocycles. The number of nitrogens with one attached hydrogen (secondary N) is 1. The van der Waals surface area contributed by atoms with Crippen molar-refractivity contribution < 1.29 is 4.74 Å². The predicted molar refractivity (Wildman–Crippen MR) is 62.6 cm³/mol. The molecule has 2 aliphatic heterocycles. The van der Waals surface area contributed by atoms with E-state index in [1.54, 1.807) is 0 Å². The van der Waals surface area contributed by atoms with Crippen molar-refractivity contribution >= 4 is 0 Å². The molecule has 2 nitrogen and oxygen atoms in total. The lowest BCUT2D eigenvalue weighted by Crippen LogP contribution is -2.16. The van der Waals surface area contributed by atoms with Crippen molar-refractivity contribution in [2.24, 2.45) is 5.92 Å². The van der Waals surface area contributed by atoms with Crippen LogP contribution in [-0.2, 0) is 4.74 Å². The maximum absolute atomic E-state index is 5.06. The van der Waals surface area contributed by atoms with E-state index < -0.39 is 0 Å². The second-order valence-electron chi connectivity index (χ2n) is 3.97. The van der Waals surface area contributed by atoms with Crippen LogP contribution < -0.4 is 5.32 Å². The third kappa shape index (κ3) is 7.34. The van der Waals surface area contributed by atoms with E-state index in [0.717, 1.165) is 25.2 Å². The molecule has 2 aliphatic rings. The van der Waals surface area contributed by atoms with Crippen molar-refractivity contribution in [3.05, 3.63) is 0 Å². The van der Waals surface area contributed by atoms with Crippen LogP contribution in [0.1, 0.15) is 47.0 Å². The van der Waals surface area contributed by atoms with E-state index in [9.17, 15) is 0 Å². The molecule has 2 heterocycles. The first-order valence-electron chi connectivity index (χ1n) is 6.10. The van der Waals surface area contributed by atoms with E-state index >= 15 is 0 Å². The van der Waals surface area contributed by atoms with E-state index in [4.69, 9.17) is 4.74 Å². The highest BCUT2D eigenvalue weighted by Gasteiger charge is 2.07. The van der Waals surface area contributed by atoms with Gasteiger partial charge in [-0.1, -0.05) is 20.8 Å². The summed E-state index contributed by atoms with van der Waals surface area (Å²) in [6, 6.07) is 0.796. The quantitative estimate of drug-likeness (QED) is 0.650. The summed E-state index contributed by atoms with van der Waals surface area (Å²) in [5.41, 5.74) is 0. The Balaban J connectivity index is 0.000000206. The molecule has 1 unspecified atom stereocenters. The van der Waals surface area contributed by atoms with Crippen LogP contribution >= 0.6 is 0 Å². The molecule has 2 saturated heterocycles. The fourth-order valence-electron chi connectivity index (χ4n) is 1.51. The molecule has 2 rings (SSSR count). The topological polar surface area (TPSA) is 21.3 Å². The van der Waals surface area contributed by atoms with Gasteiger partial charge in [0.2, 0.25) is 0 Å². The van der Waals surface area contributed by atoms with Gasteiger partial charge in [0.05, 0.1) is 0 Å². The average molecular weight is 201 g/mol. The molecular formula is C12H27NO. The number of hydrogen-bond donors (Lipinski definition) is 1. The number of hydrogen-bond acceptors (Lipinski definition) is 2. The third-order valence-electron chi connectivity index (χ3n) is 2.46. The molecule has 0 saturated carbocycles. The van der Waals surface area contributed by atoms with Crippen LogP contribution in [0.4, 0.5) is 0 Å². The first-order valence-corrected chi connectivity index (χ1v) is 6.10. The fraction of sp³-hybridized carbons (Fsp3) is 1.00. The Hall–Kier alpha value is -0.0800. The molecule has 2 atom stereocenters. The monoisotopic (exact) mass is 201 g/mol. The van der Waals surface area contributed by atoms with Gasteiger partial charge < -0.3 is 10.1 Å². The maximum Gasteiger partial charge on any atom is 0.0492 e. The number of rotatable bonds is 0. The van der Waals surface area contributed by atoms with Gasteiger partial charge in [0.25, 0.3) is 0 Å². The molecule has 0 aromatic heterocycles. The van der Waals surface area contributed by atoms with Gasteiger partial charge in [0.1, 0.15) is 0 Å². The first-order chi connectivity index (χ1) is 6.79. The summed E-state index contributed by atoms with van der Waals surface area (Å²) in [6.07, 6.45) is 4.02. The summed E-state index contributed by atoms with van der Waals surface area (Å²) in [7, 11) is 0. The summed E-state index contributed by atoms with van der Waals surface area (Å²) in [6.45, 7) is 11.7. The molecule has 2 heteroatoms. The Labute approximate surface area is 89.4 Å². The average Bonchev–Trinajstić information content (AvgIpc) is 2.83. The van der Waals surface area contributed by atoms with E-state index in [1.807, 2.05) is 13.8 Å². The molecule has 0 radical (unpaired) electrons. The van der Waals surface area contributed by atoms with Gasteiger partial charge in [-0.05, 0) is 38.6 Å². The van der Waals surface area contributed by atoms with Crippen LogP contribution in [0.2, 0.25) is 0 Å². The fourth-order valence-corrected chi connectivity index (χ4v) is 1.51. The lowest BCUT2D eigenvalue weighted by atomic mass is 10.2. The first kappa shape index (κ1) is 13.9. The molecular weight excluding hydrogens is 174 g/mol. The smallest absolute Gasteiger partial charge is 0.0492 e. The van der Waals surface area contributed by atoms with Gasteiger partial charge in [-0.3, -0.25) is 0 Å². The minimum absolute atomic E-state index is 0.796. The van der Waals surface area contributed by atoms with Crippen LogP contribution in [0, 0.1) is 5.92 Å².